The molecule has 1 atom stereocenters. The van der Waals surface area contributed by atoms with Gasteiger partial charge in [0.05, 0.1) is 20.6 Å². The number of sulfonamides is 1. The van der Waals surface area contributed by atoms with E-state index >= 15 is 0 Å². The Morgan fingerprint density at radius 1 is 0.973 bits per heavy atom. The van der Waals surface area contributed by atoms with E-state index in [2.05, 4.69) is 5.32 Å². The van der Waals surface area contributed by atoms with E-state index < -0.39 is 40.2 Å². The molecule has 0 aliphatic rings. The highest BCUT2D eigenvalue weighted by Crippen LogP contribution is 2.27. The Morgan fingerprint density at radius 3 is 2.24 bits per heavy atom. The van der Waals surface area contributed by atoms with Crippen LogP contribution in [0.2, 0.25) is 10.0 Å². The lowest BCUT2D eigenvalue weighted by Crippen LogP contribution is -2.51. The van der Waals surface area contributed by atoms with E-state index in [1.165, 1.54) is 54.3 Å². The van der Waals surface area contributed by atoms with Crippen LogP contribution in [-0.4, -0.2) is 44.3 Å². The van der Waals surface area contributed by atoms with Crippen LogP contribution in [0.25, 0.3) is 0 Å². The summed E-state index contributed by atoms with van der Waals surface area (Å²) in [4.78, 5) is 27.5. The number of anilines is 1. The van der Waals surface area contributed by atoms with Gasteiger partial charge in [-0.25, -0.2) is 12.8 Å². The van der Waals surface area contributed by atoms with E-state index in [1.54, 1.807) is 31.2 Å². The standard InChI is InChI=1S/C26H26Cl2FN3O4S/c1-3-30-26(34)18(2)31(16-19-13-14-21(27)22(28)15-19)25(33)17-32(24-12-8-7-11-23(24)29)37(35,36)20-9-5-4-6-10-20/h4-15,18H,3,16-17H2,1-2H3,(H,30,34)/t18-/m1/s1. The van der Waals surface area contributed by atoms with Gasteiger partial charge in [-0.1, -0.05) is 59.6 Å². The average Bonchev–Trinajstić information content (AvgIpc) is 2.88. The average molecular weight is 566 g/mol. The fraction of sp³-hybridized carbons (Fsp3) is 0.231. The summed E-state index contributed by atoms with van der Waals surface area (Å²) in [6.45, 7) is 2.79. The molecule has 0 aliphatic heterocycles. The first-order chi connectivity index (χ1) is 17.6. The van der Waals surface area contributed by atoms with Gasteiger partial charge in [0, 0.05) is 13.1 Å². The first-order valence-electron chi connectivity index (χ1n) is 11.4. The third kappa shape index (κ3) is 6.80. The van der Waals surface area contributed by atoms with Gasteiger partial charge < -0.3 is 10.2 Å². The molecule has 11 heteroatoms. The number of halogens is 3. The zero-order valence-electron chi connectivity index (χ0n) is 20.2. The number of carbonyl (C=O) groups excluding carboxylic acids is 2. The van der Waals surface area contributed by atoms with Crippen molar-refractivity contribution in [3.63, 3.8) is 0 Å². The maximum Gasteiger partial charge on any atom is 0.264 e. The van der Waals surface area contributed by atoms with Crippen molar-refractivity contribution in [1.82, 2.24) is 10.2 Å². The number of nitrogens with zero attached hydrogens (tertiary/aromatic N) is 2. The Labute approximate surface area is 225 Å². The van der Waals surface area contributed by atoms with Gasteiger partial charge in [-0.3, -0.25) is 13.9 Å². The summed E-state index contributed by atoms with van der Waals surface area (Å²) in [6, 6.07) is 16.5. The molecule has 0 bridgehead atoms. The molecule has 0 spiro atoms. The predicted octanol–water partition coefficient (Wildman–Crippen LogP) is 4.88. The van der Waals surface area contributed by atoms with Crippen molar-refractivity contribution in [3.8, 4) is 0 Å². The van der Waals surface area contributed by atoms with Gasteiger partial charge in [-0.15, -0.1) is 0 Å². The van der Waals surface area contributed by atoms with E-state index in [0.717, 1.165) is 6.07 Å². The number of benzene rings is 3. The first-order valence-corrected chi connectivity index (χ1v) is 13.6. The van der Waals surface area contributed by atoms with Crippen molar-refractivity contribution >= 4 is 50.7 Å². The van der Waals surface area contributed by atoms with Gasteiger partial charge in [0.25, 0.3) is 10.0 Å². The highest BCUT2D eigenvalue weighted by atomic mass is 35.5. The van der Waals surface area contributed by atoms with Crippen molar-refractivity contribution < 1.29 is 22.4 Å². The zero-order chi connectivity index (χ0) is 27.2. The van der Waals surface area contributed by atoms with Crippen molar-refractivity contribution in [2.24, 2.45) is 0 Å². The smallest absolute Gasteiger partial charge is 0.264 e. The molecule has 3 aromatic rings. The van der Waals surface area contributed by atoms with E-state index in [0.29, 0.717) is 21.4 Å². The molecule has 0 saturated heterocycles. The molecule has 3 rings (SSSR count). The van der Waals surface area contributed by atoms with Crippen molar-refractivity contribution in [2.45, 2.75) is 31.3 Å². The molecule has 0 aliphatic carbocycles. The molecule has 196 valence electrons. The molecule has 7 nitrogen and oxygen atoms in total. The summed E-state index contributed by atoms with van der Waals surface area (Å²) in [5.41, 5.74) is 0.280. The Balaban J connectivity index is 2.04. The SMILES string of the molecule is CCNC(=O)[C@@H](C)N(Cc1ccc(Cl)c(Cl)c1)C(=O)CN(c1ccccc1F)S(=O)(=O)c1ccccc1. The highest BCUT2D eigenvalue weighted by Gasteiger charge is 2.33. The van der Waals surface area contributed by atoms with E-state index in [1.807, 2.05) is 0 Å². The molecule has 0 saturated carbocycles. The number of amides is 2. The molecule has 0 radical (unpaired) electrons. The second-order valence-electron chi connectivity index (χ2n) is 8.12. The van der Waals surface area contributed by atoms with Gasteiger partial charge in [0.15, 0.2) is 0 Å². The van der Waals surface area contributed by atoms with Crippen molar-refractivity contribution in [3.05, 3.63) is 94.2 Å². The second-order valence-corrected chi connectivity index (χ2v) is 10.8. The Hall–Kier alpha value is -3.14. The fourth-order valence-corrected chi connectivity index (χ4v) is 5.39. The van der Waals surface area contributed by atoms with Crippen LogP contribution < -0.4 is 9.62 Å². The number of rotatable bonds is 10. The van der Waals surface area contributed by atoms with Crippen LogP contribution in [0.3, 0.4) is 0 Å². The number of para-hydroxylation sites is 1. The van der Waals surface area contributed by atoms with E-state index in [4.69, 9.17) is 23.2 Å². The van der Waals surface area contributed by atoms with Crippen molar-refractivity contribution in [1.29, 1.82) is 0 Å². The molecule has 1 N–H and O–H groups in total. The normalized spacial score (nSPS) is 12.0. The lowest BCUT2D eigenvalue weighted by atomic mass is 10.1. The largest absolute Gasteiger partial charge is 0.355 e. The summed E-state index contributed by atoms with van der Waals surface area (Å²) < 4.78 is 42.7. The fourth-order valence-electron chi connectivity index (χ4n) is 3.63. The monoisotopic (exact) mass is 565 g/mol. The summed E-state index contributed by atoms with van der Waals surface area (Å²) in [7, 11) is -4.34. The van der Waals surface area contributed by atoms with Gasteiger partial charge in [0.2, 0.25) is 11.8 Å². The highest BCUT2D eigenvalue weighted by molar-refractivity contribution is 7.92. The maximum atomic E-state index is 14.8. The van der Waals surface area contributed by atoms with Crippen LogP contribution in [0.15, 0.2) is 77.7 Å². The first kappa shape index (κ1) is 28.4. The van der Waals surface area contributed by atoms with Crippen LogP contribution in [0.4, 0.5) is 10.1 Å². The summed E-state index contributed by atoms with van der Waals surface area (Å²) in [6.07, 6.45) is 0. The maximum absolute atomic E-state index is 14.8. The van der Waals surface area contributed by atoms with Gasteiger partial charge in [-0.2, -0.15) is 0 Å². The molecule has 0 unspecified atom stereocenters. The van der Waals surface area contributed by atoms with Gasteiger partial charge >= 0.3 is 0 Å². The third-order valence-corrected chi connectivity index (χ3v) is 8.10. The Morgan fingerprint density at radius 2 is 1.62 bits per heavy atom. The number of hydrogen-bond acceptors (Lipinski definition) is 4. The lowest BCUT2D eigenvalue weighted by Gasteiger charge is -2.32. The molecule has 2 amide bonds. The predicted molar refractivity (Wildman–Crippen MR) is 143 cm³/mol. The van der Waals surface area contributed by atoms with E-state index in [9.17, 15) is 22.4 Å². The van der Waals surface area contributed by atoms with Gasteiger partial charge in [-0.05, 0) is 55.8 Å². The van der Waals surface area contributed by atoms with Crippen LogP contribution >= 0.6 is 23.2 Å². The number of hydrogen-bond donors (Lipinski definition) is 1. The number of likely N-dealkylation sites (N-methyl/N-ethyl adjacent to an activating group) is 1. The van der Waals surface area contributed by atoms with E-state index in [-0.39, 0.29) is 22.2 Å². The number of carbonyl (C=O) groups is 2. The molecule has 37 heavy (non-hydrogen) atoms. The number of nitrogens with one attached hydrogen (secondary N) is 1. The summed E-state index contributed by atoms with van der Waals surface area (Å²) in [5.74, 6) is -1.96. The Kier molecular flexibility index (Phi) is 9.53. The quantitative estimate of drug-likeness (QED) is 0.379. The third-order valence-electron chi connectivity index (χ3n) is 5.59. The minimum atomic E-state index is -4.34. The molecular weight excluding hydrogens is 540 g/mol. The molecule has 0 fully saturated rings. The Bertz CT molecular complexity index is 1370. The zero-order valence-corrected chi connectivity index (χ0v) is 22.5. The molecule has 0 heterocycles. The van der Waals surface area contributed by atoms with Crippen molar-refractivity contribution in [2.75, 3.05) is 17.4 Å². The topological polar surface area (TPSA) is 86.8 Å². The van der Waals surface area contributed by atoms with Crippen LogP contribution in [0, 0.1) is 5.82 Å². The minimum absolute atomic E-state index is 0.0650. The summed E-state index contributed by atoms with van der Waals surface area (Å²) >= 11 is 12.1. The summed E-state index contributed by atoms with van der Waals surface area (Å²) in [5, 5.41) is 3.25. The van der Waals surface area contributed by atoms with Gasteiger partial charge in [0.1, 0.15) is 18.4 Å². The molecular formula is C26H26Cl2FN3O4S. The van der Waals surface area contributed by atoms with Crippen LogP contribution in [0.1, 0.15) is 19.4 Å². The lowest BCUT2D eigenvalue weighted by molar-refractivity contribution is -0.139. The minimum Gasteiger partial charge on any atom is -0.355 e. The van der Waals surface area contributed by atoms with Crippen LogP contribution in [-0.2, 0) is 26.2 Å². The molecule has 3 aromatic carbocycles. The second kappa shape index (κ2) is 12.4. The molecule has 0 aromatic heterocycles. The van der Waals surface area contributed by atoms with Crippen LogP contribution in [0.5, 0.6) is 0 Å².